The van der Waals surface area contributed by atoms with Crippen LogP contribution in [0.4, 0.5) is 4.79 Å². The van der Waals surface area contributed by atoms with E-state index >= 15 is 0 Å². The lowest BCUT2D eigenvalue weighted by Gasteiger charge is -2.35. The predicted molar refractivity (Wildman–Crippen MR) is 92.4 cm³/mol. The van der Waals surface area contributed by atoms with Crippen LogP contribution in [0.5, 0.6) is 11.5 Å². The molecule has 1 unspecified atom stereocenters. The fourth-order valence-corrected chi connectivity index (χ4v) is 3.55. The standard InChI is InChI=1S/C18H25N3O4/c1-24-15-7-2-5-13-11-20(9-4-10-25-16(13)15)17(22)14-6-3-8-21(12-14)18(19)23/h2,5,7,14H,3-4,6,8-12H2,1H3,(H2,19,23). The maximum atomic E-state index is 13.0. The van der Waals surface area contributed by atoms with E-state index in [0.29, 0.717) is 44.3 Å². The average Bonchev–Trinajstić information content (AvgIpc) is 2.61. The highest BCUT2D eigenvalue weighted by Gasteiger charge is 2.31. The molecule has 7 nitrogen and oxygen atoms in total. The molecule has 3 rings (SSSR count). The molecule has 1 saturated heterocycles. The van der Waals surface area contributed by atoms with Gasteiger partial charge in [-0.3, -0.25) is 4.79 Å². The van der Waals surface area contributed by atoms with E-state index in [4.69, 9.17) is 15.2 Å². The number of nitrogens with two attached hydrogens (primary N) is 1. The van der Waals surface area contributed by atoms with Crippen molar-refractivity contribution in [3.05, 3.63) is 23.8 Å². The number of methoxy groups -OCH3 is 1. The number of nitrogens with zero attached hydrogens (tertiary/aromatic N) is 2. The molecule has 1 aromatic rings. The molecule has 136 valence electrons. The minimum atomic E-state index is -0.450. The Kier molecular flexibility index (Phi) is 5.31. The number of hydrogen-bond donors (Lipinski definition) is 1. The van der Waals surface area contributed by atoms with E-state index in [1.54, 1.807) is 12.0 Å². The van der Waals surface area contributed by atoms with Crippen molar-refractivity contribution in [1.82, 2.24) is 9.80 Å². The Labute approximate surface area is 147 Å². The third kappa shape index (κ3) is 3.81. The minimum Gasteiger partial charge on any atom is -0.493 e. The summed E-state index contributed by atoms with van der Waals surface area (Å²) in [5.41, 5.74) is 6.32. The van der Waals surface area contributed by atoms with E-state index in [1.165, 1.54) is 0 Å². The summed E-state index contributed by atoms with van der Waals surface area (Å²) in [7, 11) is 1.61. The molecule has 0 saturated carbocycles. The molecule has 3 amide bonds. The highest BCUT2D eigenvalue weighted by Crippen LogP contribution is 2.33. The Balaban J connectivity index is 1.77. The first-order chi connectivity index (χ1) is 12.1. The Bertz CT molecular complexity index is 649. The third-order valence-corrected chi connectivity index (χ3v) is 4.85. The molecule has 2 heterocycles. The number of piperidine rings is 1. The number of urea groups is 1. The summed E-state index contributed by atoms with van der Waals surface area (Å²) in [5, 5.41) is 0. The number of carbonyl (C=O) groups is 2. The van der Waals surface area contributed by atoms with Gasteiger partial charge in [-0.15, -0.1) is 0 Å². The zero-order chi connectivity index (χ0) is 17.8. The number of primary amides is 1. The maximum absolute atomic E-state index is 13.0. The molecule has 25 heavy (non-hydrogen) atoms. The van der Waals surface area contributed by atoms with Crippen molar-refractivity contribution in [3.63, 3.8) is 0 Å². The van der Waals surface area contributed by atoms with Crippen molar-refractivity contribution >= 4 is 11.9 Å². The van der Waals surface area contributed by atoms with Crippen LogP contribution in [0.1, 0.15) is 24.8 Å². The highest BCUT2D eigenvalue weighted by atomic mass is 16.5. The van der Waals surface area contributed by atoms with E-state index in [1.807, 2.05) is 23.1 Å². The van der Waals surface area contributed by atoms with Gasteiger partial charge < -0.3 is 25.0 Å². The van der Waals surface area contributed by atoms with Crippen LogP contribution in [0.15, 0.2) is 18.2 Å². The third-order valence-electron chi connectivity index (χ3n) is 4.85. The molecule has 0 spiro atoms. The maximum Gasteiger partial charge on any atom is 0.314 e. The highest BCUT2D eigenvalue weighted by molar-refractivity contribution is 5.80. The van der Waals surface area contributed by atoms with Gasteiger partial charge in [0, 0.05) is 31.7 Å². The largest absolute Gasteiger partial charge is 0.493 e. The first-order valence-corrected chi connectivity index (χ1v) is 8.72. The normalized spacial score (nSPS) is 20.8. The number of hydrogen-bond acceptors (Lipinski definition) is 4. The van der Waals surface area contributed by atoms with Gasteiger partial charge >= 0.3 is 6.03 Å². The van der Waals surface area contributed by atoms with Gasteiger partial charge in [0.25, 0.3) is 0 Å². The van der Waals surface area contributed by atoms with Crippen LogP contribution < -0.4 is 15.2 Å². The summed E-state index contributed by atoms with van der Waals surface area (Å²) >= 11 is 0. The molecule has 2 N–H and O–H groups in total. The van der Waals surface area contributed by atoms with Crippen molar-refractivity contribution in [3.8, 4) is 11.5 Å². The molecule has 0 bridgehead atoms. The van der Waals surface area contributed by atoms with Gasteiger partial charge in [0.1, 0.15) is 0 Å². The lowest BCUT2D eigenvalue weighted by molar-refractivity contribution is -0.137. The first kappa shape index (κ1) is 17.4. The Morgan fingerprint density at radius 2 is 2.04 bits per heavy atom. The average molecular weight is 347 g/mol. The van der Waals surface area contributed by atoms with E-state index < -0.39 is 6.03 Å². The number of rotatable bonds is 2. The van der Waals surface area contributed by atoms with E-state index in [-0.39, 0.29) is 11.8 Å². The number of carbonyl (C=O) groups excluding carboxylic acids is 2. The SMILES string of the molecule is COc1cccc2c1OCCCN(C(=O)C1CCCN(C(N)=O)C1)C2. The zero-order valence-electron chi connectivity index (χ0n) is 14.6. The van der Waals surface area contributed by atoms with Crippen LogP contribution in [0.2, 0.25) is 0 Å². The summed E-state index contributed by atoms with van der Waals surface area (Å²) in [5.74, 6) is 1.30. The van der Waals surface area contributed by atoms with Crippen LogP contribution in [-0.4, -0.2) is 55.1 Å². The van der Waals surface area contributed by atoms with Gasteiger partial charge in [0.2, 0.25) is 5.91 Å². The Morgan fingerprint density at radius 3 is 2.80 bits per heavy atom. The zero-order valence-corrected chi connectivity index (χ0v) is 14.6. The van der Waals surface area contributed by atoms with Crippen molar-refractivity contribution < 1.29 is 19.1 Å². The molecular formula is C18H25N3O4. The number of amides is 3. The number of likely N-dealkylation sites (tertiary alicyclic amines) is 1. The Morgan fingerprint density at radius 1 is 1.24 bits per heavy atom. The van der Waals surface area contributed by atoms with E-state index in [2.05, 4.69) is 0 Å². The molecule has 1 atom stereocenters. The molecule has 1 aromatic carbocycles. The molecular weight excluding hydrogens is 322 g/mol. The topological polar surface area (TPSA) is 85.1 Å². The van der Waals surface area contributed by atoms with E-state index in [0.717, 1.165) is 24.8 Å². The summed E-state index contributed by atoms with van der Waals surface area (Å²) in [6.07, 6.45) is 2.36. The molecule has 0 aliphatic carbocycles. The van der Waals surface area contributed by atoms with Crippen LogP contribution >= 0.6 is 0 Å². The van der Waals surface area contributed by atoms with Crippen LogP contribution in [0.3, 0.4) is 0 Å². The molecule has 7 heteroatoms. The predicted octanol–water partition coefficient (Wildman–Crippen LogP) is 1.60. The van der Waals surface area contributed by atoms with Crippen molar-refractivity contribution in [2.75, 3.05) is 33.4 Å². The van der Waals surface area contributed by atoms with Crippen molar-refractivity contribution in [2.24, 2.45) is 11.7 Å². The lowest BCUT2D eigenvalue weighted by Crippen LogP contribution is -2.48. The fraction of sp³-hybridized carbons (Fsp3) is 0.556. The van der Waals surface area contributed by atoms with Crippen LogP contribution in [0.25, 0.3) is 0 Å². The number of ether oxygens (including phenoxy) is 2. The minimum absolute atomic E-state index is 0.0848. The number of para-hydroxylation sites is 1. The molecule has 1 fully saturated rings. The second-order valence-electron chi connectivity index (χ2n) is 6.53. The lowest BCUT2D eigenvalue weighted by atomic mass is 9.96. The Hall–Kier alpha value is -2.44. The van der Waals surface area contributed by atoms with Crippen molar-refractivity contribution in [1.29, 1.82) is 0 Å². The van der Waals surface area contributed by atoms with Gasteiger partial charge in [-0.1, -0.05) is 12.1 Å². The second-order valence-corrected chi connectivity index (χ2v) is 6.53. The van der Waals surface area contributed by atoms with Gasteiger partial charge in [0.05, 0.1) is 19.6 Å². The summed E-state index contributed by atoms with van der Waals surface area (Å²) < 4.78 is 11.2. The quantitative estimate of drug-likeness (QED) is 0.880. The molecule has 2 aliphatic rings. The summed E-state index contributed by atoms with van der Waals surface area (Å²) in [6.45, 7) is 2.70. The van der Waals surface area contributed by atoms with Crippen molar-refractivity contribution in [2.45, 2.75) is 25.8 Å². The van der Waals surface area contributed by atoms with Gasteiger partial charge in [-0.2, -0.15) is 0 Å². The van der Waals surface area contributed by atoms with Gasteiger partial charge in [-0.25, -0.2) is 4.79 Å². The van der Waals surface area contributed by atoms with Gasteiger partial charge in [0.15, 0.2) is 11.5 Å². The van der Waals surface area contributed by atoms with Crippen LogP contribution in [-0.2, 0) is 11.3 Å². The summed E-state index contributed by atoms with van der Waals surface area (Å²) in [6, 6.07) is 5.27. The van der Waals surface area contributed by atoms with E-state index in [9.17, 15) is 9.59 Å². The molecule has 0 aromatic heterocycles. The number of benzene rings is 1. The monoisotopic (exact) mass is 347 g/mol. The fourth-order valence-electron chi connectivity index (χ4n) is 3.55. The number of fused-ring (bicyclic) bond motifs is 1. The molecule has 2 aliphatic heterocycles. The van der Waals surface area contributed by atoms with Crippen LogP contribution in [0, 0.1) is 5.92 Å². The molecule has 0 radical (unpaired) electrons. The summed E-state index contributed by atoms with van der Waals surface area (Å²) in [4.78, 5) is 27.9. The smallest absolute Gasteiger partial charge is 0.314 e. The van der Waals surface area contributed by atoms with Gasteiger partial charge in [-0.05, 0) is 25.3 Å². The first-order valence-electron chi connectivity index (χ1n) is 8.72. The second kappa shape index (κ2) is 7.63.